The number of nitrogens with zero attached hydrogens (tertiary/aromatic N) is 1. The van der Waals surface area contributed by atoms with Gasteiger partial charge in [-0.3, -0.25) is 4.90 Å². The predicted molar refractivity (Wildman–Crippen MR) is 132 cm³/mol. The smallest absolute Gasteiger partial charge is 0.123 e. The number of benzene rings is 3. The fourth-order valence-electron chi connectivity index (χ4n) is 5.05. The third kappa shape index (κ3) is 4.73. The molecule has 4 heteroatoms. The minimum absolute atomic E-state index is 0.117. The van der Waals surface area contributed by atoms with Gasteiger partial charge in [0, 0.05) is 30.6 Å². The minimum atomic E-state index is -0.632. The van der Waals surface area contributed by atoms with Crippen molar-refractivity contribution >= 4 is 11.8 Å². The van der Waals surface area contributed by atoms with Crippen LogP contribution in [0.1, 0.15) is 47.1 Å². The number of rotatable bonds is 5. The summed E-state index contributed by atoms with van der Waals surface area (Å²) in [5.74, 6) is 3.35. The Balaban J connectivity index is 1.45. The van der Waals surface area contributed by atoms with Gasteiger partial charge in [0.15, 0.2) is 0 Å². The summed E-state index contributed by atoms with van der Waals surface area (Å²) >= 11 is 2.07. The largest absolute Gasteiger partial charge is 0.492 e. The Bertz CT molecular complexity index is 965. The molecule has 3 aromatic rings. The van der Waals surface area contributed by atoms with Crippen molar-refractivity contribution in [3.8, 4) is 5.75 Å². The zero-order chi connectivity index (χ0) is 21.8. The van der Waals surface area contributed by atoms with Gasteiger partial charge in [-0.2, -0.15) is 11.8 Å². The number of thioether (sulfide) groups is 1. The van der Waals surface area contributed by atoms with Crippen LogP contribution in [0.15, 0.2) is 78.9 Å². The van der Waals surface area contributed by atoms with Crippen molar-refractivity contribution in [2.75, 3.05) is 24.7 Å². The standard InChI is InChI=1S/C28H31NO2S/c30-28(27(21-7-3-1-4-8-21)22-9-5-2-6-10-22)23-11-12-26-24(19-23)20-29(15-16-31-26)25-13-17-32-18-14-25/h1-12,19,25,27-28,30H,13-18,20H2. The van der Waals surface area contributed by atoms with E-state index in [0.717, 1.165) is 42.1 Å². The van der Waals surface area contributed by atoms with Crippen LogP contribution in [0.4, 0.5) is 0 Å². The Kier molecular flexibility index (Phi) is 6.82. The second-order valence-corrected chi connectivity index (χ2v) is 10.00. The second-order valence-electron chi connectivity index (χ2n) is 8.77. The first kappa shape index (κ1) is 21.6. The summed E-state index contributed by atoms with van der Waals surface area (Å²) in [4.78, 5) is 2.59. The lowest BCUT2D eigenvalue weighted by Crippen LogP contribution is -2.38. The molecule has 2 heterocycles. The molecule has 3 aromatic carbocycles. The normalized spacial score (nSPS) is 18.6. The van der Waals surface area contributed by atoms with Crippen LogP contribution in [0.25, 0.3) is 0 Å². The van der Waals surface area contributed by atoms with Crippen molar-refractivity contribution in [1.82, 2.24) is 4.90 Å². The van der Waals surface area contributed by atoms with Crippen LogP contribution in [0, 0.1) is 0 Å². The molecule has 3 nitrogen and oxygen atoms in total. The van der Waals surface area contributed by atoms with Crippen LogP contribution >= 0.6 is 11.8 Å². The summed E-state index contributed by atoms with van der Waals surface area (Å²) in [6.07, 6.45) is 1.88. The average Bonchev–Trinajstić information content (AvgIpc) is 3.08. The van der Waals surface area contributed by atoms with Crippen molar-refractivity contribution in [3.63, 3.8) is 0 Å². The molecule has 1 atom stereocenters. The van der Waals surface area contributed by atoms with Gasteiger partial charge in [-0.25, -0.2) is 0 Å². The number of aliphatic hydroxyl groups excluding tert-OH is 1. The SMILES string of the molecule is OC(c1ccc2c(c1)CN(C1CCSCC1)CCO2)C(c1ccccc1)c1ccccc1. The van der Waals surface area contributed by atoms with Crippen LogP contribution in [-0.4, -0.2) is 40.7 Å². The van der Waals surface area contributed by atoms with Crippen molar-refractivity contribution in [1.29, 1.82) is 0 Å². The Morgan fingerprint density at radius 3 is 2.16 bits per heavy atom. The van der Waals surface area contributed by atoms with E-state index in [2.05, 4.69) is 53.1 Å². The summed E-state index contributed by atoms with van der Waals surface area (Å²) in [5, 5.41) is 11.6. The number of fused-ring (bicyclic) bond motifs is 1. The molecular formula is C28H31NO2S. The van der Waals surface area contributed by atoms with Crippen LogP contribution < -0.4 is 4.74 Å². The van der Waals surface area contributed by atoms with E-state index in [0.29, 0.717) is 6.04 Å². The van der Waals surface area contributed by atoms with Gasteiger partial charge < -0.3 is 9.84 Å². The molecule has 0 spiro atoms. The molecule has 32 heavy (non-hydrogen) atoms. The monoisotopic (exact) mass is 445 g/mol. The first-order chi connectivity index (χ1) is 15.8. The molecule has 0 amide bonds. The highest BCUT2D eigenvalue weighted by Gasteiger charge is 2.28. The number of hydrogen-bond acceptors (Lipinski definition) is 4. The van der Waals surface area contributed by atoms with Gasteiger partial charge in [0.25, 0.3) is 0 Å². The van der Waals surface area contributed by atoms with E-state index >= 15 is 0 Å². The van der Waals surface area contributed by atoms with E-state index < -0.39 is 6.10 Å². The summed E-state index contributed by atoms with van der Waals surface area (Å²) < 4.78 is 6.11. The van der Waals surface area contributed by atoms with E-state index in [-0.39, 0.29) is 5.92 Å². The molecule has 2 aliphatic heterocycles. The van der Waals surface area contributed by atoms with E-state index in [1.165, 1.54) is 29.9 Å². The summed E-state index contributed by atoms with van der Waals surface area (Å²) in [6, 6.07) is 27.6. The molecule has 1 N–H and O–H groups in total. The molecule has 2 aliphatic rings. The maximum Gasteiger partial charge on any atom is 0.123 e. The zero-order valence-corrected chi connectivity index (χ0v) is 19.2. The van der Waals surface area contributed by atoms with Gasteiger partial charge >= 0.3 is 0 Å². The van der Waals surface area contributed by atoms with Gasteiger partial charge in [-0.05, 0) is 53.2 Å². The highest BCUT2D eigenvalue weighted by atomic mass is 32.2. The molecule has 1 saturated heterocycles. The molecule has 1 fully saturated rings. The average molecular weight is 446 g/mol. The lowest BCUT2D eigenvalue weighted by molar-refractivity contribution is 0.157. The van der Waals surface area contributed by atoms with Crippen LogP contribution in [-0.2, 0) is 6.54 Å². The van der Waals surface area contributed by atoms with Crippen LogP contribution in [0.2, 0.25) is 0 Å². The second kappa shape index (κ2) is 10.1. The molecule has 0 saturated carbocycles. The topological polar surface area (TPSA) is 32.7 Å². The maximum absolute atomic E-state index is 11.6. The molecular weight excluding hydrogens is 414 g/mol. The third-order valence-corrected chi connectivity index (χ3v) is 7.82. The Labute approximate surface area is 195 Å². The van der Waals surface area contributed by atoms with Gasteiger partial charge in [0.2, 0.25) is 0 Å². The molecule has 1 unspecified atom stereocenters. The highest BCUT2D eigenvalue weighted by Crippen LogP contribution is 2.38. The van der Waals surface area contributed by atoms with Crippen molar-refractivity contribution in [2.45, 2.75) is 37.5 Å². The zero-order valence-electron chi connectivity index (χ0n) is 18.4. The van der Waals surface area contributed by atoms with Gasteiger partial charge in [-0.1, -0.05) is 66.7 Å². The summed E-state index contributed by atoms with van der Waals surface area (Å²) in [7, 11) is 0. The first-order valence-corrected chi connectivity index (χ1v) is 12.8. The summed E-state index contributed by atoms with van der Waals surface area (Å²) in [6.45, 7) is 2.60. The molecule has 0 radical (unpaired) electrons. The molecule has 0 aliphatic carbocycles. The maximum atomic E-state index is 11.6. The van der Waals surface area contributed by atoms with Gasteiger partial charge in [-0.15, -0.1) is 0 Å². The van der Waals surface area contributed by atoms with Crippen LogP contribution in [0.5, 0.6) is 5.75 Å². The lowest BCUT2D eigenvalue weighted by Gasteiger charge is -2.33. The minimum Gasteiger partial charge on any atom is -0.492 e. The fraction of sp³-hybridized carbons (Fsp3) is 0.357. The summed E-state index contributed by atoms with van der Waals surface area (Å²) in [5.41, 5.74) is 4.39. The van der Waals surface area contributed by atoms with Gasteiger partial charge in [0.05, 0.1) is 6.10 Å². The molecule has 5 rings (SSSR count). The Morgan fingerprint density at radius 1 is 0.844 bits per heavy atom. The van der Waals surface area contributed by atoms with E-state index in [1.54, 1.807) is 0 Å². The predicted octanol–water partition coefficient (Wildman–Crippen LogP) is 5.64. The van der Waals surface area contributed by atoms with Gasteiger partial charge in [0.1, 0.15) is 12.4 Å². The third-order valence-electron chi connectivity index (χ3n) is 6.78. The highest BCUT2D eigenvalue weighted by molar-refractivity contribution is 7.99. The van der Waals surface area contributed by atoms with Crippen molar-refractivity contribution in [3.05, 3.63) is 101 Å². The molecule has 0 bridgehead atoms. The Morgan fingerprint density at radius 2 is 1.50 bits per heavy atom. The lowest BCUT2D eigenvalue weighted by atomic mass is 9.83. The van der Waals surface area contributed by atoms with E-state index in [9.17, 15) is 5.11 Å². The fourth-order valence-corrected chi connectivity index (χ4v) is 6.13. The first-order valence-electron chi connectivity index (χ1n) is 11.6. The molecule has 166 valence electrons. The van der Waals surface area contributed by atoms with Crippen LogP contribution in [0.3, 0.4) is 0 Å². The number of aliphatic hydroxyl groups is 1. The van der Waals surface area contributed by atoms with E-state index in [1.807, 2.05) is 42.5 Å². The van der Waals surface area contributed by atoms with Crippen molar-refractivity contribution < 1.29 is 9.84 Å². The quantitative estimate of drug-likeness (QED) is 0.551. The van der Waals surface area contributed by atoms with Crippen molar-refractivity contribution in [2.24, 2.45) is 0 Å². The molecule has 0 aromatic heterocycles. The number of ether oxygens (including phenoxy) is 1. The van der Waals surface area contributed by atoms with E-state index in [4.69, 9.17) is 4.74 Å². The number of hydrogen-bond donors (Lipinski definition) is 1. The Hall–Kier alpha value is -2.27.